The Morgan fingerprint density at radius 2 is 2.41 bits per heavy atom. The summed E-state index contributed by atoms with van der Waals surface area (Å²) in [5, 5.41) is 10.1. The van der Waals surface area contributed by atoms with Crippen LogP contribution in [-0.2, 0) is 9.84 Å². The lowest BCUT2D eigenvalue weighted by Gasteiger charge is -2.32. The van der Waals surface area contributed by atoms with Crippen LogP contribution in [-0.4, -0.2) is 71.9 Å². The number of aromatic nitrogens is 3. The van der Waals surface area contributed by atoms with Gasteiger partial charge in [-0.1, -0.05) is 11.8 Å². The third-order valence-corrected chi connectivity index (χ3v) is 5.31. The first-order valence-electron chi connectivity index (χ1n) is 7.13. The van der Waals surface area contributed by atoms with Crippen LogP contribution in [0.4, 0.5) is 4.79 Å². The fraction of sp³-hybridized carbons (Fsp3) is 0.750. The van der Waals surface area contributed by atoms with Crippen LogP contribution in [0.15, 0.2) is 11.5 Å². The molecule has 0 radical (unpaired) electrons. The Balaban J connectivity index is 1.70. The second kappa shape index (κ2) is 7.82. The van der Waals surface area contributed by atoms with Crippen molar-refractivity contribution in [3.8, 4) is 0 Å². The van der Waals surface area contributed by atoms with E-state index in [1.165, 1.54) is 24.3 Å². The maximum Gasteiger partial charge on any atom is 0.317 e. The minimum Gasteiger partial charge on any atom is -0.337 e. The number of piperidine rings is 1. The standard InChI is InChI=1S/C12H21N5O3S2/c1-22(19,20)8-10-3-2-5-17(7-10)12(18)13-4-6-21-11-14-9-15-16-11/h9-10H,2-8H2,1H3,(H,13,18)(H,14,15,16)/t10-/m0/s1. The highest BCUT2D eigenvalue weighted by molar-refractivity contribution is 7.99. The van der Waals surface area contributed by atoms with Gasteiger partial charge in [0.15, 0.2) is 5.16 Å². The molecule has 0 saturated carbocycles. The van der Waals surface area contributed by atoms with Gasteiger partial charge in [-0.05, 0) is 18.8 Å². The molecular formula is C12H21N5O3S2. The summed E-state index contributed by atoms with van der Waals surface area (Å²) in [5.41, 5.74) is 0. The molecule has 1 saturated heterocycles. The maximum atomic E-state index is 12.1. The van der Waals surface area contributed by atoms with Gasteiger partial charge >= 0.3 is 6.03 Å². The highest BCUT2D eigenvalue weighted by Crippen LogP contribution is 2.18. The Labute approximate surface area is 134 Å². The van der Waals surface area contributed by atoms with Crippen LogP contribution in [0.5, 0.6) is 0 Å². The third kappa shape index (κ3) is 5.84. The minimum absolute atomic E-state index is 0.0399. The number of nitrogens with one attached hydrogen (secondary N) is 2. The Bertz CT molecular complexity index is 576. The number of hydrogen-bond acceptors (Lipinski definition) is 6. The average molecular weight is 347 g/mol. The van der Waals surface area contributed by atoms with Crippen molar-refractivity contribution < 1.29 is 13.2 Å². The number of carbonyl (C=O) groups excluding carboxylic acids is 1. The smallest absolute Gasteiger partial charge is 0.317 e. The van der Waals surface area contributed by atoms with E-state index in [0.29, 0.717) is 25.4 Å². The summed E-state index contributed by atoms with van der Waals surface area (Å²) in [6.45, 7) is 1.72. The first-order valence-corrected chi connectivity index (χ1v) is 10.2. The van der Waals surface area contributed by atoms with Crippen LogP contribution in [0, 0.1) is 5.92 Å². The summed E-state index contributed by atoms with van der Waals surface area (Å²) in [6, 6.07) is -0.128. The molecule has 1 aromatic rings. The quantitative estimate of drug-likeness (QED) is 0.568. The average Bonchev–Trinajstić information content (AvgIpc) is 2.95. The van der Waals surface area contributed by atoms with Crippen molar-refractivity contribution in [2.75, 3.05) is 37.4 Å². The molecule has 2 N–H and O–H groups in total. The first kappa shape index (κ1) is 17.1. The van der Waals surface area contributed by atoms with Crippen LogP contribution in [0.3, 0.4) is 0 Å². The molecule has 0 unspecified atom stereocenters. The highest BCUT2D eigenvalue weighted by Gasteiger charge is 2.25. The summed E-state index contributed by atoms with van der Waals surface area (Å²) < 4.78 is 22.7. The zero-order valence-corrected chi connectivity index (χ0v) is 14.1. The summed E-state index contributed by atoms with van der Waals surface area (Å²) in [4.78, 5) is 17.8. The SMILES string of the molecule is CS(=O)(=O)C[C@H]1CCCN(C(=O)NCCSc2ncn[nH]2)C1. The Morgan fingerprint density at radius 1 is 1.59 bits per heavy atom. The summed E-state index contributed by atoms with van der Waals surface area (Å²) in [5.74, 6) is 0.887. The second-order valence-corrected chi connectivity index (χ2v) is 8.69. The van der Waals surface area contributed by atoms with Crippen molar-refractivity contribution in [3.05, 3.63) is 6.33 Å². The number of nitrogens with zero attached hydrogens (tertiary/aromatic N) is 3. The van der Waals surface area contributed by atoms with Gasteiger partial charge in [-0.2, -0.15) is 5.10 Å². The fourth-order valence-electron chi connectivity index (χ4n) is 2.49. The van der Waals surface area contributed by atoms with Crippen LogP contribution in [0.25, 0.3) is 0 Å². The van der Waals surface area contributed by atoms with Gasteiger partial charge in [-0.15, -0.1) is 0 Å². The third-order valence-electron chi connectivity index (χ3n) is 3.35. The van der Waals surface area contributed by atoms with Crippen molar-refractivity contribution in [1.82, 2.24) is 25.4 Å². The molecule has 0 spiro atoms. The molecule has 1 fully saturated rings. The lowest BCUT2D eigenvalue weighted by atomic mass is 10.0. The van der Waals surface area contributed by atoms with Crippen molar-refractivity contribution in [3.63, 3.8) is 0 Å². The summed E-state index contributed by atoms with van der Waals surface area (Å²) >= 11 is 1.48. The van der Waals surface area contributed by atoms with Crippen molar-refractivity contribution >= 4 is 27.6 Å². The van der Waals surface area contributed by atoms with E-state index in [1.54, 1.807) is 4.90 Å². The molecule has 10 heteroatoms. The molecule has 22 heavy (non-hydrogen) atoms. The largest absolute Gasteiger partial charge is 0.337 e. The number of thioether (sulfide) groups is 1. The monoisotopic (exact) mass is 347 g/mol. The van der Waals surface area contributed by atoms with Crippen LogP contribution in [0.1, 0.15) is 12.8 Å². The molecule has 1 aromatic heterocycles. The van der Waals surface area contributed by atoms with Gasteiger partial charge in [0.1, 0.15) is 16.2 Å². The van der Waals surface area contributed by atoms with Crippen LogP contribution in [0.2, 0.25) is 0 Å². The number of likely N-dealkylation sites (tertiary alicyclic amines) is 1. The minimum atomic E-state index is -3.00. The molecule has 1 aliphatic rings. The van der Waals surface area contributed by atoms with Gasteiger partial charge in [0.2, 0.25) is 0 Å². The van der Waals surface area contributed by atoms with E-state index in [0.717, 1.165) is 18.0 Å². The van der Waals surface area contributed by atoms with Gasteiger partial charge in [0, 0.05) is 31.6 Å². The van der Waals surface area contributed by atoms with E-state index in [1.807, 2.05) is 0 Å². The van der Waals surface area contributed by atoms with Gasteiger partial charge in [-0.3, -0.25) is 5.10 Å². The highest BCUT2D eigenvalue weighted by atomic mass is 32.2. The Hall–Kier alpha value is -1.29. The molecule has 0 aromatic carbocycles. The molecule has 1 atom stereocenters. The van der Waals surface area contributed by atoms with Gasteiger partial charge in [0.25, 0.3) is 0 Å². The second-order valence-electron chi connectivity index (χ2n) is 5.42. The van der Waals surface area contributed by atoms with Crippen LogP contribution >= 0.6 is 11.8 Å². The summed E-state index contributed by atoms with van der Waals surface area (Å²) in [6.07, 6.45) is 4.39. The first-order chi connectivity index (χ1) is 10.4. The summed E-state index contributed by atoms with van der Waals surface area (Å²) in [7, 11) is -3.00. The number of aromatic amines is 1. The van der Waals surface area contributed by atoms with E-state index in [4.69, 9.17) is 0 Å². The molecule has 1 aliphatic heterocycles. The van der Waals surface area contributed by atoms with E-state index < -0.39 is 9.84 Å². The number of amides is 2. The molecule has 2 rings (SSSR count). The normalized spacial score (nSPS) is 19.1. The van der Waals surface area contributed by atoms with Crippen molar-refractivity contribution in [1.29, 1.82) is 0 Å². The lowest BCUT2D eigenvalue weighted by molar-refractivity contribution is 0.171. The van der Waals surface area contributed by atoms with E-state index in [9.17, 15) is 13.2 Å². The zero-order chi connectivity index (χ0) is 16.0. The molecule has 8 nitrogen and oxygen atoms in total. The van der Waals surface area contributed by atoms with Gasteiger partial charge in [-0.25, -0.2) is 18.2 Å². The topological polar surface area (TPSA) is 108 Å². The molecule has 0 bridgehead atoms. The van der Waals surface area contributed by atoms with Gasteiger partial charge in [0.05, 0.1) is 5.75 Å². The number of hydrogen-bond donors (Lipinski definition) is 2. The van der Waals surface area contributed by atoms with Crippen LogP contribution < -0.4 is 5.32 Å². The lowest BCUT2D eigenvalue weighted by Crippen LogP contribution is -2.47. The van der Waals surface area contributed by atoms with Crippen molar-refractivity contribution in [2.45, 2.75) is 18.0 Å². The molecule has 124 valence electrons. The predicted molar refractivity (Wildman–Crippen MR) is 84.5 cm³/mol. The Kier molecular flexibility index (Phi) is 6.07. The van der Waals surface area contributed by atoms with Gasteiger partial charge < -0.3 is 10.2 Å². The zero-order valence-electron chi connectivity index (χ0n) is 12.5. The molecule has 0 aliphatic carbocycles. The number of sulfone groups is 1. The molecular weight excluding hydrogens is 326 g/mol. The number of H-pyrrole nitrogens is 1. The van der Waals surface area contributed by atoms with Crippen molar-refractivity contribution in [2.24, 2.45) is 5.92 Å². The number of urea groups is 1. The maximum absolute atomic E-state index is 12.1. The number of carbonyl (C=O) groups is 1. The fourth-order valence-corrected chi connectivity index (χ4v) is 4.26. The molecule has 2 heterocycles. The van der Waals surface area contributed by atoms with E-state index >= 15 is 0 Å². The van der Waals surface area contributed by atoms with E-state index in [2.05, 4.69) is 20.5 Å². The predicted octanol–water partition coefficient (Wildman–Crippen LogP) is 0.363. The molecule has 2 amide bonds. The van der Waals surface area contributed by atoms with E-state index in [-0.39, 0.29) is 17.7 Å². The number of rotatable bonds is 6. The Morgan fingerprint density at radius 3 is 3.09 bits per heavy atom.